The summed E-state index contributed by atoms with van der Waals surface area (Å²) in [6, 6.07) is 10.4. The Kier molecular flexibility index (Phi) is 5.79. The first-order chi connectivity index (χ1) is 11.9. The summed E-state index contributed by atoms with van der Waals surface area (Å²) in [6.07, 6.45) is 6.68. The van der Waals surface area contributed by atoms with Gasteiger partial charge in [-0.1, -0.05) is 30.3 Å². The molecule has 6 heteroatoms. The lowest BCUT2D eigenvalue weighted by atomic mass is 9.94. The fraction of sp³-hybridized carbons (Fsp3) is 0.632. The summed E-state index contributed by atoms with van der Waals surface area (Å²) >= 11 is 0. The van der Waals surface area contributed by atoms with Crippen molar-refractivity contribution >= 4 is 15.9 Å². The van der Waals surface area contributed by atoms with E-state index in [9.17, 15) is 13.2 Å². The smallest absolute Gasteiger partial charge is 0.222 e. The van der Waals surface area contributed by atoms with E-state index in [0.29, 0.717) is 26.1 Å². The van der Waals surface area contributed by atoms with Gasteiger partial charge in [-0.2, -0.15) is 4.31 Å². The van der Waals surface area contributed by atoms with Gasteiger partial charge in [-0.15, -0.1) is 0 Å². The van der Waals surface area contributed by atoms with Gasteiger partial charge in [-0.05, 0) is 43.6 Å². The lowest BCUT2D eigenvalue weighted by molar-refractivity contribution is -0.135. The third-order valence-electron chi connectivity index (χ3n) is 5.42. The molecule has 0 N–H and O–H groups in total. The van der Waals surface area contributed by atoms with Crippen LogP contribution in [0, 0.1) is 5.92 Å². The summed E-state index contributed by atoms with van der Waals surface area (Å²) in [5.41, 5.74) is 1.31. The number of aryl methyl sites for hydroxylation is 1. The van der Waals surface area contributed by atoms with Crippen LogP contribution in [0.5, 0.6) is 0 Å². The molecule has 0 saturated carbocycles. The molecule has 1 aromatic rings. The van der Waals surface area contributed by atoms with Crippen molar-refractivity contribution in [1.29, 1.82) is 0 Å². The molecule has 4 rings (SSSR count). The summed E-state index contributed by atoms with van der Waals surface area (Å²) in [5.74, 6) is 0.472. The molecule has 5 nitrogen and oxygen atoms in total. The Morgan fingerprint density at radius 3 is 2.56 bits per heavy atom. The number of carbonyl (C=O) groups is 1. The minimum absolute atomic E-state index is 0.0510. The third kappa shape index (κ3) is 4.82. The number of fused-ring (bicyclic) bond motifs is 4. The number of piperidine rings is 1. The lowest BCUT2D eigenvalue weighted by Crippen LogP contribution is -2.47. The Morgan fingerprint density at radius 1 is 1.08 bits per heavy atom. The van der Waals surface area contributed by atoms with E-state index in [1.165, 1.54) is 11.8 Å². The van der Waals surface area contributed by atoms with Crippen LogP contribution in [0.3, 0.4) is 0 Å². The molecule has 0 aliphatic carbocycles. The summed E-state index contributed by atoms with van der Waals surface area (Å²) in [6.45, 7) is 1.74. The summed E-state index contributed by atoms with van der Waals surface area (Å²) in [5, 5.41) is 0. The highest BCUT2D eigenvalue weighted by molar-refractivity contribution is 7.88. The zero-order chi connectivity index (χ0) is 17.9. The molecular formula is C19H28N2O3S. The van der Waals surface area contributed by atoms with Gasteiger partial charge >= 0.3 is 0 Å². The average Bonchev–Trinajstić information content (AvgIpc) is 2.91. The van der Waals surface area contributed by atoms with Crippen LogP contribution >= 0.6 is 0 Å². The standard InChI is InChI=1S/C19H28N2O3S/c1-25(23,24)20-13-17-11-12-18(15-20)21(14-17)19(22)10-6-5-9-16-7-3-2-4-8-16/h2-4,7-8,17-18H,5-6,9-15H2,1H3/t17-,18+/m1/s1. The third-order valence-corrected chi connectivity index (χ3v) is 6.65. The minimum atomic E-state index is -3.18. The van der Waals surface area contributed by atoms with Crippen molar-refractivity contribution in [2.75, 3.05) is 25.9 Å². The molecule has 2 atom stereocenters. The second-order valence-electron chi connectivity index (χ2n) is 7.42. The normalized spacial score (nSPS) is 24.3. The monoisotopic (exact) mass is 364 g/mol. The number of amides is 1. The van der Waals surface area contributed by atoms with Gasteiger partial charge in [-0.3, -0.25) is 4.79 Å². The van der Waals surface area contributed by atoms with Crippen molar-refractivity contribution in [3.05, 3.63) is 35.9 Å². The molecular weight excluding hydrogens is 336 g/mol. The van der Waals surface area contributed by atoms with Crippen LogP contribution in [0.2, 0.25) is 0 Å². The van der Waals surface area contributed by atoms with E-state index < -0.39 is 10.0 Å². The molecule has 3 fully saturated rings. The molecule has 3 aliphatic heterocycles. The Labute approximate surface area is 151 Å². The number of sulfonamides is 1. The van der Waals surface area contributed by atoms with Gasteiger partial charge in [0.2, 0.25) is 15.9 Å². The predicted molar refractivity (Wildman–Crippen MR) is 98.6 cm³/mol. The number of carbonyl (C=O) groups excluding carboxylic acids is 1. The van der Waals surface area contributed by atoms with Gasteiger partial charge in [-0.25, -0.2) is 8.42 Å². The summed E-state index contributed by atoms with van der Waals surface area (Å²) in [4.78, 5) is 14.6. The van der Waals surface area contributed by atoms with E-state index in [4.69, 9.17) is 0 Å². The maximum atomic E-state index is 12.7. The van der Waals surface area contributed by atoms with Crippen LogP contribution in [0.25, 0.3) is 0 Å². The first kappa shape index (κ1) is 18.4. The molecule has 0 unspecified atom stereocenters. The highest BCUT2D eigenvalue weighted by Gasteiger charge is 2.39. The quantitative estimate of drug-likeness (QED) is 0.728. The SMILES string of the molecule is CS(=O)(=O)N1C[C@H]2CC[C@@H](C1)N(C(=O)CCCCc1ccccc1)C2. The number of hydrogen-bond acceptors (Lipinski definition) is 3. The van der Waals surface area contributed by atoms with Crippen LogP contribution in [-0.2, 0) is 21.2 Å². The number of rotatable bonds is 6. The number of hydrogen-bond donors (Lipinski definition) is 0. The van der Waals surface area contributed by atoms with Crippen LogP contribution < -0.4 is 0 Å². The van der Waals surface area contributed by atoms with Gasteiger partial charge in [0.25, 0.3) is 0 Å². The predicted octanol–water partition coefficient (Wildman–Crippen LogP) is 2.28. The summed E-state index contributed by atoms with van der Waals surface area (Å²) in [7, 11) is -3.18. The molecule has 0 aromatic heterocycles. The number of nitrogens with zero attached hydrogens (tertiary/aromatic N) is 2. The molecule has 25 heavy (non-hydrogen) atoms. The van der Waals surface area contributed by atoms with E-state index >= 15 is 0 Å². The molecule has 0 spiro atoms. The van der Waals surface area contributed by atoms with Crippen molar-refractivity contribution in [1.82, 2.24) is 9.21 Å². The highest BCUT2D eigenvalue weighted by atomic mass is 32.2. The average molecular weight is 365 g/mol. The summed E-state index contributed by atoms with van der Waals surface area (Å²) < 4.78 is 25.4. The first-order valence-electron chi connectivity index (χ1n) is 9.22. The van der Waals surface area contributed by atoms with E-state index in [0.717, 1.165) is 32.1 Å². The van der Waals surface area contributed by atoms with Crippen LogP contribution in [-0.4, -0.2) is 55.5 Å². The largest absolute Gasteiger partial charge is 0.338 e. The van der Waals surface area contributed by atoms with Crippen molar-refractivity contribution < 1.29 is 13.2 Å². The van der Waals surface area contributed by atoms with Gasteiger partial charge in [0.1, 0.15) is 0 Å². The number of benzene rings is 1. The molecule has 3 saturated heterocycles. The molecule has 1 amide bonds. The van der Waals surface area contributed by atoms with E-state index in [2.05, 4.69) is 12.1 Å². The molecule has 0 radical (unpaired) electrons. The fourth-order valence-corrected chi connectivity index (χ4v) is 4.93. The van der Waals surface area contributed by atoms with Crippen molar-refractivity contribution in [3.63, 3.8) is 0 Å². The molecule has 3 aliphatic rings. The second kappa shape index (κ2) is 7.87. The Balaban J connectivity index is 1.51. The van der Waals surface area contributed by atoms with E-state index in [1.54, 1.807) is 4.31 Å². The van der Waals surface area contributed by atoms with Crippen molar-refractivity contribution in [2.24, 2.45) is 5.92 Å². The van der Waals surface area contributed by atoms with Gasteiger partial charge in [0.15, 0.2) is 0 Å². The molecule has 1 aromatic carbocycles. The second-order valence-corrected chi connectivity index (χ2v) is 9.40. The van der Waals surface area contributed by atoms with Crippen molar-refractivity contribution in [2.45, 2.75) is 44.6 Å². The van der Waals surface area contributed by atoms with Crippen LogP contribution in [0.1, 0.15) is 37.7 Å². The van der Waals surface area contributed by atoms with Crippen LogP contribution in [0.15, 0.2) is 30.3 Å². The molecule has 138 valence electrons. The Morgan fingerprint density at radius 2 is 1.84 bits per heavy atom. The van der Waals surface area contributed by atoms with Gasteiger partial charge < -0.3 is 4.90 Å². The van der Waals surface area contributed by atoms with Crippen LogP contribution in [0.4, 0.5) is 0 Å². The maximum absolute atomic E-state index is 12.7. The lowest BCUT2D eigenvalue weighted by Gasteiger charge is -2.36. The minimum Gasteiger partial charge on any atom is -0.338 e. The fourth-order valence-electron chi connectivity index (χ4n) is 4.01. The van der Waals surface area contributed by atoms with E-state index in [1.807, 2.05) is 23.1 Å². The van der Waals surface area contributed by atoms with E-state index in [-0.39, 0.29) is 17.9 Å². The first-order valence-corrected chi connectivity index (χ1v) is 11.1. The molecule has 2 bridgehead atoms. The van der Waals surface area contributed by atoms with Gasteiger partial charge in [0, 0.05) is 32.1 Å². The number of unbranched alkanes of at least 4 members (excludes halogenated alkanes) is 1. The maximum Gasteiger partial charge on any atom is 0.222 e. The zero-order valence-electron chi connectivity index (χ0n) is 14.9. The Bertz CT molecular complexity index is 690. The van der Waals surface area contributed by atoms with Crippen molar-refractivity contribution in [3.8, 4) is 0 Å². The topological polar surface area (TPSA) is 57.7 Å². The highest BCUT2D eigenvalue weighted by Crippen LogP contribution is 2.29. The molecule has 3 heterocycles. The van der Waals surface area contributed by atoms with Gasteiger partial charge in [0.05, 0.1) is 6.26 Å². The zero-order valence-corrected chi connectivity index (χ0v) is 15.7. The Hall–Kier alpha value is -1.40.